The van der Waals surface area contributed by atoms with Crippen molar-refractivity contribution in [2.75, 3.05) is 6.54 Å². The Bertz CT molecular complexity index is 995. The lowest BCUT2D eigenvalue weighted by molar-refractivity contribution is -0.139. The van der Waals surface area contributed by atoms with Crippen molar-refractivity contribution in [2.45, 2.75) is 57.2 Å². The largest absolute Gasteiger partial charge is 0.490 e. The minimum Gasteiger partial charge on any atom is -0.490 e. The van der Waals surface area contributed by atoms with Crippen LogP contribution in [-0.4, -0.2) is 31.8 Å². The summed E-state index contributed by atoms with van der Waals surface area (Å²) in [6, 6.07) is 3.30. The minimum absolute atomic E-state index is 0.0530. The number of alkyl halides is 3. The van der Waals surface area contributed by atoms with Crippen LogP contribution in [0.1, 0.15) is 43.1 Å². The van der Waals surface area contributed by atoms with Crippen molar-refractivity contribution in [3.63, 3.8) is 0 Å². The number of hydrogen-bond acceptors (Lipinski definition) is 5. The van der Waals surface area contributed by atoms with Gasteiger partial charge in [-0.1, -0.05) is 18.5 Å². The molecule has 1 aromatic heterocycles. The van der Waals surface area contributed by atoms with Crippen LogP contribution in [0.3, 0.4) is 0 Å². The molecule has 0 aliphatic heterocycles. The number of nitrogens with two attached hydrogens (primary N) is 1. The van der Waals surface area contributed by atoms with Crippen LogP contribution in [0.2, 0.25) is 5.02 Å². The molecule has 0 saturated heterocycles. The van der Waals surface area contributed by atoms with Crippen molar-refractivity contribution >= 4 is 27.5 Å². The van der Waals surface area contributed by atoms with Gasteiger partial charge in [-0.3, -0.25) is 9.48 Å². The molecular formula is C21H27ClF3N3O3S. The predicted molar refractivity (Wildman–Crippen MR) is 117 cm³/mol. The molecule has 6 nitrogen and oxygen atoms in total. The quantitative estimate of drug-likeness (QED) is 0.553. The average molecular weight is 494 g/mol. The summed E-state index contributed by atoms with van der Waals surface area (Å²) in [6.45, 7) is 5.26. The molecule has 0 spiro atoms. The number of carbonyl (C=O) groups excluding carboxylic acids is 1. The lowest BCUT2D eigenvalue weighted by Crippen LogP contribution is -2.25. The van der Waals surface area contributed by atoms with Crippen LogP contribution in [0, 0.1) is 19.8 Å². The van der Waals surface area contributed by atoms with E-state index in [0.29, 0.717) is 22.7 Å². The van der Waals surface area contributed by atoms with E-state index < -0.39 is 39.7 Å². The van der Waals surface area contributed by atoms with Crippen molar-refractivity contribution in [1.82, 2.24) is 9.78 Å². The number of hydrogen-bond donors (Lipinski definition) is 1. The fourth-order valence-electron chi connectivity index (χ4n) is 3.31. The number of nitrogens with zero attached hydrogens (tertiary/aromatic N) is 2. The zero-order valence-electron chi connectivity index (χ0n) is 18.3. The topological polar surface area (TPSA) is 87.2 Å². The Morgan fingerprint density at radius 1 is 1.28 bits per heavy atom. The van der Waals surface area contributed by atoms with Crippen molar-refractivity contribution in [2.24, 2.45) is 18.7 Å². The van der Waals surface area contributed by atoms with E-state index in [-0.39, 0.29) is 30.2 Å². The van der Waals surface area contributed by atoms with Gasteiger partial charge in [0.2, 0.25) is 5.12 Å². The summed E-state index contributed by atoms with van der Waals surface area (Å²) < 4.78 is 60.1. The first-order valence-corrected chi connectivity index (χ1v) is 11.6. The van der Waals surface area contributed by atoms with E-state index in [1.165, 1.54) is 12.1 Å². The molecule has 1 aromatic carbocycles. The number of benzene rings is 1. The highest BCUT2D eigenvalue weighted by molar-refractivity contribution is 8.00. The van der Waals surface area contributed by atoms with Gasteiger partial charge in [0.05, 0.1) is 28.0 Å². The second-order valence-corrected chi connectivity index (χ2v) is 9.43. The third-order valence-corrected chi connectivity index (χ3v) is 7.13. The molecular weight excluding hydrogens is 467 g/mol. The van der Waals surface area contributed by atoms with Gasteiger partial charge in [0.25, 0.3) is 0 Å². The molecule has 11 heteroatoms. The molecule has 178 valence electrons. The lowest BCUT2D eigenvalue weighted by Gasteiger charge is -2.22. The Kier molecular flexibility index (Phi) is 8.90. The zero-order valence-corrected chi connectivity index (χ0v) is 19.9. The minimum atomic E-state index is -4.63. The molecule has 2 N–H and O–H groups in total. The fourth-order valence-corrected chi connectivity index (χ4v) is 4.88. The summed E-state index contributed by atoms with van der Waals surface area (Å²) in [7, 11) is -0.180. The first-order valence-electron chi connectivity index (χ1n) is 10.1. The van der Waals surface area contributed by atoms with E-state index in [9.17, 15) is 22.2 Å². The molecule has 2 rings (SSSR count). The summed E-state index contributed by atoms with van der Waals surface area (Å²) in [4.78, 5) is 13.1. The highest BCUT2D eigenvalue weighted by Gasteiger charge is 2.35. The van der Waals surface area contributed by atoms with Crippen LogP contribution in [0.5, 0.6) is 5.75 Å². The predicted octanol–water partition coefficient (Wildman–Crippen LogP) is 4.56. The van der Waals surface area contributed by atoms with Gasteiger partial charge in [-0.25, -0.2) is 4.21 Å². The highest BCUT2D eigenvalue weighted by atomic mass is 35.5. The third kappa shape index (κ3) is 6.32. The van der Waals surface area contributed by atoms with Gasteiger partial charge < -0.3 is 10.5 Å². The number of ether oxygens (including phenoxy) is 1. The van der Waals surface area contributed by atoms with Crippen LogP contribution < -0.4 is 10.5 Å². The number of carbonyl (C=O) groups is 1. The molecule has 2 aromatic rings. The molecule has 32 heavy (non-hydrogen) atoms. The fraction of sp³-hybridized carbons (Fsp3) is 0.524. The summed E-state index contributed by atoms with van der Waals surface area (Å²) >= 11 is 5.71. The maximum atomic E-state index is 13.4. The summed E-state index contributed by atoms with van der Waals surface area (Å²) in [5, 5.41) is 3.68. The molecule has 0 amide bonds. The van der Waals surface area contributed by atoms with E-state index in [1.807, 2.05) is 0 Å². The number of aryl methyl sites for hydroxylation is 2. The van der Waals surface area contributed by atoms with Gasteiger partial charge in [0.1, 0.15) is 16.5 Å². The van der Waals surface area contributed by atoms with Gasteiger partial charge in [-0.2, -0.15) is 18.3 Å². The summed E-state index contributed by atoms with van der Waals surface area (Å²) in [5.41, 5.74) is 5.81. The molecule has 3 atom stereocenters. The molecule has 0 bridgehead atoms. The van der Waals surface area contributed by atoms with Crippen molar-refractivity contribution in [1.29, 1.82) is 0 Å². The van der Waals surface area contributed by atoms with E-state index in [0.717, 1.165) is 6.07 Å². The van der Waals surface area contributed by atoms with Crippen molar-refractivity contribution in [3.8, 4) is 5.75 Å². The van der Waals surface area contributed by atoms with E-state index in [1.54, 1.807) is 32.5 Å². The van der Waals surface area contributed by atoms with Crippen LogP contribution >= 0.6 is 11.6 Å². The molecule has 1 heterocycles. The van der Waals surface area contributed by atoms with Gasteiger partial charge >= 0.3 is 6.18 Å². The van der Waals surface area contributed by atoms with Gasteiger partial charge in [-0.05, 0) is 57.9 Å². The maximum absolute atomic E-state index is 13.4. The van der Waals surface area contributed by atoms with E-state index in [4.69, 9.17) is 22.1 Å². The summed E-state index contributed by atoms with van der Waals surface area (Å²) in [5.74, 6) is -0.935. The van der Waals surface area contributed by atoms with Crippen LogP contribution in [-0.2, 0) is 28.8 Å². The second-order valence-electron chi connectivity index (χ2n) is 7.65. The normalized spacial score (nSPS) is 14.8. The second kappa shape index (κ2) is 10.8. The van der Waals surface area contributed by atoms with Crippen molar-refractivity contribution < 1.29 is 26.9 Å². The Hall–Kier alpha value is -1.91. The van der Waals surface area contributed by atoms with E-state index >= 15 is 0 Å². The van der Waals surface area contributed by atoms with E-state index in [2.05, 4.69) is 5.10 Å². The Balaban J connectivity index is 2.11. The Morgan fingerprint density at radius 2 is 1.94 bits per heavy atom. The number of aromatic nitrogens is 2. The molecule has 2 unspecified atom stereocenters. The zero-order chi connectivity index (χ0) is 24.2. The molecule has 0 aliphatic carbocycles. The number of halogens is 4. The van der Waals surface area contributed by atoms with Crippen LogP contribution in [0.25, 0.3) is 0 Å². The third-order valence-electron chi connectivity index (χ3n) is 5.16. The smallest absolute Gasteiger partial charge is 0.420 e. The monoisotopic (exact) mass is 493 g/mol. The standard InChI is InChI=1S/C21H27ClF3N3O3S/c1-12(20(29)32(30)19-13(2)27-28(4)14(19)3)5-7-16(9-10-26)31-18-8-6-15(22)11-17(18)21(23,24)25/h6,8,11-12,16H,5,7,9-10,26H2,1-4H3/t12-,16?,32?/m1/s1. The Labute approximate surface area is 192 Å². The van der Waals surface area contributed by atoms with Gasteiger partial charge in [-0.15, -0.1) is 0 Å². The average Bonchev–Trinajstić information content (AvgIpc) is 2.96. The first-order chi connectivity index (χ1) is 14.9. The molecule has 0 radical (unpaired) electrons. The van der Waals surface area contributed by atoms with Crippen molar-refractivity contribution in [3.05, 3.63) is 40.2 Å². The molecule has 0 aliphatic rings. The van der Waals surface area contributed by atoms with Gasteiger partial charge in [0, 0.05) is 18.0 Å². The molecule has 0 saturated carbocycles. The molecule has 0 fully saturated rings. The van der Waals surface area contributed by atoms with Crippen LogP contribution in [0.15, 0.2) is 23.1 Å². The van der Waals surface area contributed by atoms with Gasteiger partial charge in [0.15, 0.2) is 0 Å². The SMILES string of the molecule is Cc1nn(C)c(C)c1S(=O)C(=O)[C@H](C)CCC(CCN)Oc1ccc(Cl)cc1C(F)(F)F. The summed E-state index contributed by atoms with van der Waals surface area (Å²) in [6.07, 6.45) is -4.43. The van der Waals surface area contributed by atoms with Crippen LogP contribution in [0.4, 0.5) is 13.2 Å². The number of rotatable bonds is 9. The maximum Gasteiger partial charge on any atom is 0.420 e. The highest BCUT2D eigenvalue weighted by Crippen LogP contribution is 2.38. The Morgan fingerprint density at radius 3 is 2.47 bits per heavy atom. The lowest BCUT2D eigenvalue weighted by atomic mass is 10.0. The first kappa shape index (κ1) is 26.3.